The molecule has 1 fully saturated rings. The molecule has 0 aromatic heterocycles. The standard InChI is InChI=1S/C11H17N5O4/c1-15-3-14-9(12)6-10(15)16(4-13-6)11-8(19)7(18)5(2-17)20-11/h3-5,7-8,10-11,17-19H,2,12H2,1H3. The van der Waals surface area contributed by atoms with Crippen molar-refractivity contribution in [3.63, 3.8) is 0 Å². The van der Waals surface area contributed by atoms with Gasteiger partial charge in [0.15, 0.2) is 18.2 Å². The lowest BCUT2D eigenvalue weighted by Crippen LogP contribution is -2.53. The molecule has 1 saturated heterocycles. The Morgan fingerprint density at radius 1 is 1.30 bits per heavy atom. The Morgan fingerprint density at radius 2 is 2.05 bits per heavy atom. The Balaban J connectivity index is 1.86. The smallest absolute Gasteiger partial charge is 0.162 e. The lowest BCUT2D eigenvalue weighted by Gasteiger charge is -2.37. The van der Waals surface area contributed by atoms with E-state index in [1.165, 1.54) is 6.34 Å². The van der Waals surface area contributed by atoms with Crippen molar-refractivity contribution in [2.24, 2.45) is 15.7 Å². The summed E-state index contributed by atoms with van der Waals surface area (Å²) in [6, 6.07) is 0. The van der Waals surface area contributed by atoms with Crippen LogP contribution in [-0.2, 0) is 4.74 Å². The van der Waals surface area contributed by atoms with Gasteiger partial charge in [-0.15, -0.1) is 0 Å². The third-order valence-corrected chi connectivity index (χ3v) is 3.70. The largest absolute Gasteiger partial charge is 0.394 e. The summed E-state index contributed by atoms with van der Waals surface area (Å²) in [6.07, 6.45) is -1.22. The van der Waals surface area contributed by atoms with E-state index in [4.69, 9.17) is 15.6 Å². The summed E-state index contributed by atoms with van der Waals surface area (Å²) in [6.45, 7) is -0.369. The van der Waals surface area contributed by atoms with E-state index >= 15 is 0 Å². The summed E-state index contributed by atoms with van der Waals surface area (Å²) in [5.41, 5.74) is 6.34. The Kier molecular flexibility index (Phi) is 3.13. The Morgan fingerprint density at radius 3 is 2.70 bits per heavy atom. The molecule has 0 saturated carbocycles. The number of likely N-dealkylation sites (N-methyl/N-ethyl adjacent to an activating group) is 1. The minimum absolute atomic E-state index is 0.304. The first-order valence-electron chi connectivity index (χ1n) is 6.24. The van der Waals surface area contributed by atoms with Crippen molar-refractivity contribution in [3.05, 3.63) is 11.5 Å². The van der Waals surface area contributed by atoms with E-state index in [0.29, 0.717) is 11.5 Å². The molecule has 5 unspecified atom stereocenters. The minimum atomic E-state index is -1.15. The molecule has 0 amide bonds. The van der Waals surface area contributed by atoms with Gasteiger partial charge in [-0.05, 0) is 0 Å². The molecule has 0 aromatic carbocycles. The fourth-order valence-electron chi connectivity index (χ4n) is 2.62. The zero-order chi connectivity index (χ0) is 14.4. The zero-order valence-electron chi connectivity index (χ0n) is 10.9. The first kappa shape index (κ1) is 13.3. The molecule has 20 heavy (non-hydrogen) atoms. The highest BCUT2D eigenvalue weighted by molar-refractivity contribution is 5.69. The van der Waals surface area contributed by atoms with E-state index in [1.807, 2.05) is 0 Å². The first-order valence-corrected chi connectivity index (χ1v) is 6.24. The lowest BCUT2D eigenvalue weighted by molar-refractivity contribution is -0.0856. The van der Waals surface area contributed by atoms with Crippen LogP contribution in [-0.4, -0.2) is 82.2 Å². The van der Waals surface area contributed by atoms with E-state index in [0.717, 1.165) is 0 Å². The molecule has 0 spiro atoms. The van der Waals surface area contributed by atoms with Crippen molar-refractivity contribution in [1.82, 2.24) is 9.80 Å². The number of hydrogen-bond donors (Lipinski definition) is 4. The highest BCUT2D eigenvalue weighted by atomic mass is 16.6. The van der Waals surface area contributed by atoms with Crippen LogP contribution in [0.1, 0.15) is 0 Å². The highest BCUT2D eigenvalue weighted by Crippen LogP contribution is 2.32. The number of nitrogens with two attached hydrogens (primary N) is 1. The van der Waals surface area contributed by atoms with Crippen molar-refractivity contribution in [2.45, 2.75) is 30.7 Å². The summed E-state index contributed by atoms with van der Waals surface area (Å²) in [7, 11) is 1.80. The van der Waals surface area contributed by atoms with Crippen LogP contribution >= 0.6 is 0 Å². The summed E-state index contributed by atoms with van der Waals surface area (Å²) < 4.78 is 5.50. The quantitative estimate of drug-likeness (QED) is 0.431. The van der Waals surface area contributed by atoms with Crippen LogP contribution in [0.3, 0.4) is 0 Å². The maximum Gasteiger partial charge on any atom is 0.162 e. The van der Waals surface area contributed by atoms with Crippen molar-refractivity contribution in [1.29, 1.82) is 0 Å². The van der Waals surface area contributed by atoms with Gasteiger partial charge >= 0.3 is 0 Å². The average molecular weight is 283 g/mol. The summed E-state index contributed by atoms with van der Waals surface area (Å²) in [5.74, 6) is 0.304. The molecule has 9 heteroatoms. The van der Waals surface area contributed by atoms with Gasteiger partial charge in [0, 0.05) is 7.05 Å². The molecule has 0 bridgehead atoms. The Bertz CT molecular complexity index is 493. The fraction of sp³-hybridized carbons (Fsp3) is 0.636. The van der Waals surface area contributed by atoms with Crippen molar-refractivity contribution in [2.75, 3.05) is 13.7 Å². The summed E-state index contributed by atoms with van der Waals surface area (Å²) in [4.78, 5) is 11.6. The van der Waals surface area contributed by atoms with Gasteiger partial charge < -0.3 is 35.6 Å². The zero-order valence-corrected chi connectivity index (χ0v) is 10.9. The lowest BCUT2D eigenvalue weighted by atomic mass is 10.1. The van der Waals surface area contributed by atoms with E-state index < -0.39 is 24.5 Å². The van der Waals surface area contributed by atoms with Crippen LogP contribution in [0.15, 0.2) is 21.5 Å². The molecule has 3 aliphatic heterocycles. The first-order chi connectivity index (χ1) is 9.54. The number of aliphatic imine (C=N–C) groups is 2. The van der Waals surface area contributed by atoms with E-state index in [2.05, 4.69) is 9.98 Å². The summed E-state index contributed by atoms with van der Waals surface area (Å²) >= 11 is 0. The average Bonchev–Trinajstić information content (AvgIpc) is 2.99. The van der Waals surface area contributed by atoms with Crippen molar-refractivity contribution < 1.29 is 20.1 Å². The van der Waals surface area contributed by atoms with Crippen LogP contribution in [0, 0.1) is 0 Å². The van der Waals surface area contributed by atoms with E-state index in [1.54, 1.807) is 23.2 Å². The molecule has 110 valence electrons. The molecular formula is C11H17N5O4. The van der Waals surface area contributed by atoms with Crippen LogP contribution in [0.5, 0.6) is 0 Å². The van der Waals surface area contributed by atoms with Gasteiger partial charge in [-0.1, -0.05) is 0 Å². The molecule has 5 N–H and O–H groups in total. The Hall–Kier alpha value is -1.68. The fourth-order valence-corrected chi connectivity index (χ4v) is 2.62. The van der Waals surface area contributed by atoms with Gasteiger partial charge in [-0.25, -0.2) is 9.98 Å². The van der Waals surface area contributed by atoms with E-state index in [9.17, 15) is 10.2 Å². The van der Waals surface area contributed by atoms with Gasteiger partial charge in [-0.3, -0.25) is 0 Å². The Labute approximate surface area is 115 Å². The van der Waals surface area contributed by atoms with E-state index in [-0.39, 0.29) is 12.8 Å². The molecule has 0 aliphatic carbocycles. The maximum absolute atomic E-state index is 10.1. The minimum Gasteiger partial charge on any atom is -0.394 e. The number of fused-ring (bicyclic) bond motifs is 1. The SMILES string of the molecule is CN1C=NC(N)=C2N=CN(C3OC(CO)C(O)C3O)C21. The number of nitrogens with zero attached hydrogens (tertiary/aromatic N) is 4. The third-order valence-electron chi connectivity index (χ3n) is 3.70. The second-order valence-electron chi connectivity index (χ2n) is 4.97. The topological polar surface area (TPSA) is 127 Å². The van der Waals surface area contributed by atoms with Crippen LogP contribution < -0.4 is 5.73 Å². The molecular weight excluding hydrogens is 266 g/mol. The van der Waals surface area contributed by atoms with Crippen molar-refractivity contribution >= 4 is 12.7 Å². The van der Waals surface area contributed by atoms with Gasteiger partial charge in [0.25, 0.3) is 0 Å². The van der Waals surface area contributed by atoms with Crippen LogP contribution in [0.25, 0.3) is 0 Å². The third kappa shape index (κ3) is 1.79. The van der Waals surface area contributed by atoms with Gasteiger partial charge in [0.05, 0.1) is 19.3 Å². The molecule has 3 rings (SSSR count). The molecule has 9 nitrogen and oxygen atoms in total. The monoisotopic (exact) mass is 283 g/mol. The number of rotatable bonds is 2. The van der Waals surface area contributed by atoms with Crippen molar-refractivity contribution in [3.8, 4) is 0 Å². The normalized spacial score (nSPS) is 39.9. The number of hydrogen-bond acceptors (Lipinski definition) is 9. The van der Waals surface area contributed by atoms with Gasteiger partial charge in [-0.2, -0.15) is 0 Å². The number of ether oxygens (including phenoxy) is 1. The maximum atomic E-state index is 10.1. The summed E-state index contributed by atoms with van der Waals surface area (Å²) in [5, 5.41) is 29.0. The second kappa shape index (κ2) is 4.70. The number of aliphatic hydroxyl groups is 3. The molecule has 3 aliphatic rings. The predicted molar refractivity (Wildman–Crippen MR) is 69.3 cm³/mol. The molecule has 5 atom stereocenters. The molecule has 0 radical (unpaired) electrons. The van der Waals surface area contributed by atoms with Crippen LogP contribution in [0.4, 0.5) is 0 Å². The molecule has 3 heterocycles. The van der Waals surface area contributed by atoms with Gasteiger partial charge in [0.2, 0.25) is 0 Å². The van der Waals surface area contributed by atoms with Crippen LogP contribution in [0.2, 0.25) is 0 Å². The second-order valence-corrected chi connectivity index (χ2v) is 4.97. The predicted octanol–water partition coefficient (Wildman–Crippen LogP) is -2.80. The number of aliphatic hydroxyl groups excluding tert-OH is 3. The van der Waals surface area contributed by atoms with Gasteiger partial charge in [0.1, 0.15) is 24.0 Å². The molecule has 0 aromatic rings. The highest BCUT2D eigenvalue weighted by Gasteiger charge is 2.49.